The fraction of sp³-hybridized carbons (Fsp3) is 0.449. The smallest absolute Gasteiger partial charge is 0.352 e. The zero-order valence-electron chi connectivity index (χ0n) is 69.1. The summed E-state index contributed by atoms with van der Waals surface area (Å²) in [5.41, 5.74) is -5.45. The quantitative estimate of drug-likeness (QED) is 0.0288. The van der Waals surface area contributed by atoms with E-state index in [1.54, 1.807) is 72.8 Å². The normalized spacial score (nSPS) is 24.0. The maximum Gasteiger partial charge on any atom is 0.352 e. The molecule has 4 heterocycles. The number of ether oxygens (including phenoxy) is 19. The summed E-state index contributed by atoms with van der Waals surface area (Å²) in [6, 6.07) is 45.3. The fourth-order valence-corrected chi connectivity index (χ4v) is 12.5. The van der Waals surface area contributed by atoms with Gasteiger partial charge in [-0.3, -0.25) is 28.8 Å². The maximum atomic E-state index is 14.7. The molecule has 6 aromatic rings. The Balaban J connectivity index is 1.08. The zero-order valence-corrected chi connectivity index (χ0v) is 69.1. The van der Waals surface area contributed by atoms with Crippen LogP contribution in [0.25, 0.3) is 0 Å². The lowest BCUT2D eigenvalue weighted by Crippen LogP contribution is -2.51. The summed E-state index contributed by atoms with van der Waals surface area (Å²) in [6.07, 6.45) is -35.2. The molecule has 6 aromatic carbocycles. The van der Waals surface area contributed by atoms with E-state index >= 15 is 0 Å². The molecular formula is C89H98O32. The van der Waals surface area contributed by atoms with Crippen LogP contribution in [0, 0.1) is 21.7 Å². The van der Waals surface area contributed by atoms with Crippen molar-refractivity contribution in [3.8, 4) is 0 Å². The van der Waals surface area contributed by atoms with Crippen LogP contribution in [0.4, 0.5) is 0 Å². The lowest BCUT2D eigenvalue weighted by Gasteiger charge is -2.32. The van der Waals surface area contributed by atoms with Gasteiger partial charge in [-0.2, -0.15) is 0 Å². The fourth-order valence-electron chi connectivity index (χ4n) is 12.5. The summed E-state index contributed by atoms with van der Waals surface area (Å²) in [4.78, 5) is 185. The molecule has 18 atom stereocenters. The summed E-state index contributed by atoms with van der Waals surface area (Å²) < 4.78 is 119. The third kappa shape index (κ3) is 24.3. The van der Waals surface area contributed by atoms with Crippen LogP contribution in [-0.4, -0.2) is 214 Å². The van der Waals surface area contributed by atoms with E-state index in [-0.39, 0.29) is 33.4 Å². The second kappa shape index (κ2) is 40.0. The highest BCUT2D eigenvalue weighted by Crippen LogP contribution is 2.41. The van der Waals surface area contributed by atoms with E-state index in [1.807, 2.05) is 0 Å². The van der Waals surface area contributed by atoms with Gasteiger partial charge in [0.25, 0.3) is 0 Å². The molecule has 4 aliphatic heterocycles. The Morgan fingerprint density at radius 3 is 1.02 bits per heavy atom. The van der Waals surface area contributed by atoms with E-state index < -0.39 is 236 Å². The van der Waals surface area contributed by atoms with Crippen molar-refractivity contribution in [2.75, 3.05) is 26.4 Å². The highest BCUT2D eigenvalue weighted by atomic mass is 16.8. The number of benzene rings is 6. The molecule has 0 saturated carbocycles. The van der Waals surface area contributed by atoms with Crippen LogP contribution in [0.1, 0.15) is 159 Å². The Bertz CT molecular complexity index is 4610. The van der Waals surface area contributed by atoms with Crippen LogP contribution in [0.5, 0.6) is 0 Å². The first-order chi connectivity index (χ1) is 57.2. The molecule has 0 N–H and O–H groups in total. The molecule has 32 nitrogen and oxygen atoms in total. The highest BCUT2D eigenvalue weighted by Gasteiger charge is 2.62. The number of esters is 13. The minimum absolute atomic E-state index is 0.0118. The molecule has 0 amide bonds. The summed E-state index contributed by atoms with van der Waals surface area (Å²) in [5.74, 6) is -13.3. The van der Waals surface area contributed by atoms with Crippen LogP contribution in [0.2, 0.25) is 0 Å². The molecule has 121 heavy (non-hydrogen) atoms. The maximum absolute atomic E-state index is 14.7. The summed E-state index contributed by atoms with van der Waals surface area (Å²) in [6.45, 7) is 16.3. The molecule has 0 aliphatic carbocycles. The number of cyclic esters (lactones) is 1. The van der Waals surface area contributed by atoms with Gasteiger partial charge in [0, 0.05) is 13.8 Å². The minimum Gasteiger partial charge on any atom is -0.462 e. The predicted octanol–water partition coefficient (Wildman–Crippen LogP) is 9.82. The second-order valence-corrected chi connectivity index (χ2v) is 32.8. The average molecular weight is 1680 g/mol. The molecular weight excluding hydrogens is 1580 g/mol. The third-order valence-electron chi connectivity index (χ3n) is 18.9. The average Bonchev–Trinajstić information content (AvgIpc) is 1.62. The van der Waals surface area contributed by atoms with Gasteiger partial charge in [-0.05, 0) is 156 Å². The van der Waals surface area contributed by atoms with Crippen LogP contribution < -0.4 is 0 Å². The monoisotopic (exact) mass is 1680 g/mol. The first kappa shape index (κ1) is 91.5. The summed E-state index contributed by atoms with van der Waals surface area (Å²) in [5, 5.41) is 0. The molecule has 10 rings (SSSR count). The number of hydrogen-bond donors (Lipinski definition) is 0. The first-order valence-electron chi connectivity index (χ1n) is 39.0. The lowest BCUT2D eigenvalue weighted by molar-refractivity contribution is -0.265. The lowest BCUT2D eigenvalue weighted by atomic mass is 9.96. The van der Waals surface area contributed by atoms with Gasteiger partial charge < -0.3 is 90.0 Å². The van der Waals surface area contributed by atoms with Gasteiger partial charge in [0.1, 0.15) is 50.3 Å². The topological polar surface area (TPSA) is 397 Å². The zero-order chi connectivity index (χ0) is 87.8. The number of carbonyl (C=O) groups is 13. The van der Waals surface area contributed by atoms with Crippen molar-refractivity contribution >= 4 is 77.6 Å². The molecule has 4 fully saturated rings. The van der Waals surface area contributed by atoms with E-state index in [2.05, 4.69) is 0 Å². The molecule has 0 unspecified atom stereocenters. The van der Waals surface area contributed by atoms with Gasteiger partial charge >= 0.3 is 77.6 Å². The van der Waals surface area contributed by atoms with Crippen LogP contribution in [0.3, 0.4) is 0 Å². The molecule has 0 radical (unpaired) electrons. The first-order valence-corrected chi connectivity index (χ1v) is 39.0. The number of carbonyl (C=O) groups excluding carboxylic acids is 13. The van der Waals surface area contributed by atoms with E-state index in [9.17, 15) is 62.3 Å². The van der Waals surface area contributed by atoms with Crippen LogP contribution in [-0.2, 0) is 124 Å². The van der Waals surface area contributed by atoms with Gasteiger partial charge in [-0.1, -0.05) is 109 Å². The largest absolute Gasteiger partial charge is 0.462 e. The van der Waals surface area contributed by atoms with Crippen molar-refractivity contribution in [1.29, 1.82) is 0 Å². The third-order valence-corrected chi connectivity index (χ3v) is 18.9. The van der Waals surface area contributed by atoms with Crippen molar-refractivity contribution in [1.82, 2.24) is 0 Å². The minimum atomic E-state index is -2.18. The van der Waals surface area contributed by atoms with Crippen LogP contribution >= 0.6 is 0 Å². The van der Waals surface area contributed by atoms with Crippen molar-refractivity contribution in [3.05, 3.63) is 215 Å². The van der Waals surface area contributed by atoms with E-state index in [4.69, 9.17) is 90.0 Å². The van der Waals surface area contributed by atoms with Crippen molar-refractivity contribution in [2.24, 2.45) is 21.7 Å². The van der Waals surface area contributed by atoms with Gasteiger partial charge in [0.15, 0.2) is 73.8 Å². The highest BCUT2D eigenvalue weighted by molar-refractivity contribution is 5.94. The summed E-state index contributed by atoms with van der Waals surface area (Å²) in [7, 11) is 0. The van der Waals surface area contributed by atoms with E-state index in [1.165, 1.54) is 192 Å². The Morgan fingerprint density at radius 2 is 0.636 bits per heavy atom. The molecule has 0 aromatic heterocycles. The van der Waals surface area contributed by atoms with Gasteiger partial charge in [0.2, 0.25) is 6.10 Å². The number of rotatable bonds is 31. The SMILES string of the molecule is CC(=O)O[C@H]1[C@H]([C@@H](COC(=O)C(C)(C)C)O[C@H]2O[C@H](COC(=O)c3ccccc3)[C@@H](OC(=O)c3ccccc3)[C@@H]2OC(=O)c2ccccc2)O[C@@H](O[C@H](COC(=O)C(C)(C)C)[C@@H]2O[C@@H](OC[C@@H](OC(=O)c3ccccc3)[C@@H]3OC(=O)[C@H](OC(=O)c4ccccc4)[C@H]3OC(=O)c3ccccc3)[C@H](OC(=O)C(C)(C)C)[C@H]2OC(C)=O)[C@@H]1OC(=O)C(C)(C)C. The van der Waals surface area contributed by atoms with Crippen molar-refractivity contribution in [2.45, 2.75) is 207 Å². The molecule has 0 bridgehead atoms. The van der Waals surface area contributed by atoms with Crippen LogP contribution in [0.15, 0.2) is 182 Å². The Kier molecular flexibility index (Phi) is 30.3. The Morgan fingerprint density at radius 1 is 0.314 bits per heavy atom. The van der Waals surface area contributed by atoms with E-state index in [0.29, 0.717) is 0 Å². The molecule has 646 valence electrons. The second-order valence-electron chi connectivity index (χ2n) is 32.8. The van der Waals surface area contributed by atoms with Crippen molar-refractivity contribution in [3.63, 3.8) is 0 Å². The van der Waals surface area contributed by atoms with E-state index in [0.717, 1.165) is 13.8 Å². The molecule has 4 aliphatic rings. The predicted molar refractivity (Wildman–Crippen MR) is 417 cm³/mol. The molecule has 0 spiro atoms. The van der Waals surface area contributed by atoms with Crippen molar-refractivity contribution < 1.29 is 152 Å². The molecule has 32 heteroatoms. The Labute approximate surface area is 697 Å². The Hall–Kier alpha value is -11.8. The standard InChI is InChI=1S/C89H98O32/c1-49(90)107-66-62(118-79(70(66)120-84(101)88(9,10)11)104-46-57(109-73(93)52-35-23-16-24-36-52)61-65(115-75(95)54-39-27-18-28-40-54)68(78(98)114-61)116-76(96)55-41-29-19-30-42-55)59(47-105-82(99)86(3,4)5)112-81-71(121-85(102)89(12,13)14)67(108-50(2)91)63(119-81)60(48-106-83(100)87(6,7)8)111-80-69(117-77(97)56-43-31-20-32-44-56)64(113-74(94)53-37-25-17-26-38-53)58(110-80)45-103-72(92)51-33-21-15-22-34-51/h15-44,57-71,79-81H,45-48H2,1-14H3/t57-,58-,59-,60-,61+,62+,63+,64-,65+,66+,67+,68-,69+,70-,71-,79-,80-,81-/m1/s1. The van der Waals surface area contributed by atoms with Gasteiger partial charge in [-0.15, -0.1) is 0 Å². The number of hydrogen-bond acceptors (Lipinski definition) is 32. The van der Waals surface area contributed by atoms with Gasteiger partial charge in [0.05, 0.1) is 61.6 Å². The van der Waals surface area contributed by atoms with Gasteiger partial charge in [-0.25, -0.2) is 33.6 Å². The summed E-state index contributed by atoms with van der Waals surface area (Å²) >= 11 is 0. The molecule has 4 saturated heterocycles.